The molecule has 0 atom stereocenters. The van der Waals surface area contributed by atoms with Gasteiger partial charge in [-0.05, 0) is 137 Å². The summed E-state index contributed by atoms with van der Waals surface area (Å²) in [6, 6.07) is 100. The van der Waals surface area contributed by atoms with Crippen LogP contribution in [-0.4, -0.2) is 0 Å². The number of hydrogen-bond acceptors (Lipinski definition) is 1. The third kappa shape index (κ3) is 6.73. The zero-order valence-corrected chi connectivity index (χ0v) is 36.4. The maximum Gasteiger partial charge on any atom is 0.0713 e. The summed E-state index contributed by atoms with van der Waals surface area (Å²) in [5.41, 5.74) is 19.9. The van der Waals surface area contributed by atoms with E-state index in [0.717, 1.165) is 22.6 Å². The van der Waals surface area contributed by atoms with Crippen molar-refractivity contribution in [2.24, 2.45) is 0 Å². The van der Waals surface area contributed by atoms with E-state index in [4.69, 9.17) is 0 Å². The van der Waals surface area contributed by atoms with Gasteiger partial charge in [0.15, 0.2) is 0 Å². The molecule has 0 heterocycles. The van der Waals surface area contributed by atoms with Crippen LogP contribution in [0.5, 0.6) is 0 Å². The van der Waals surface area contributed by atoms with Gasteiger partial charge in [-0.2, -0.15) is 0 Å². The second-order valence-electron chi connectivity index (χ2n) is 17.2. The first kappa shape index (κ1) is 39.1. The molecule has 0 N–H and O–H groups in total. The summed E-state index contributed by atoms with van der Waals surface area (Å²) in [5.74, 6) is 0. The van der Waals surface area contributed by atoms with Gasteiger partial charge in [-0.25, -0.2) is 0 Å². The molecule has 310 valence electrons. The van der Waals surface area contributed by atoms with E-state index in [-0.39, 0.29) is 0 Å². The highest BCUT2D eigenvalue weighted by Crippen LogP contribution is 2.55. The van der Waals surface area contributed by atoms with Crippen molar-refractivity contribution in [3.63, 3.8) is 0 Å². The highest BCUT2D eigenvalue weighted by Gasteiger charge is 2.43. The van der Waals surface area contributed by atoms with Crippen LogP contribution < -0.4 is 4.90 Å². The van der Waals surface area contributed by atoms with Crippen molar-refractivity contribution in [3.05, 3.63) is 295 Å². The van der Waals surface area contributed by atoms with E-state index in [2.05, 4.69) is 278 Å². The molecule has 0 radical (unpaired) electrons. The van der Waals surface area contributed by atoms with Crippen LogP contribution in [0.15, 0.2) is 273 Å². The lowest BCUT2D eigenvalue weighted by atomic mass is 9.63. The molecule has 0 fully saturated rings. The van der Waals surface area contributed by atoms with E-state index in [1.807, 2.05) is 0 Å². The lowest BCUT2D eigenvalue weighted by molar-refractivity contribution is 0.752. The smallest absolute Gasteiger partial charge is 0.0713 e. The Morgan fingerprint density at radius 3 is 1.17 bits per heavy atom. The minimum atomic E-state index is -0.592. The molecular formula is C65H45N. The maximum atomic E-state index is 2.43. The van der Waals surface area contributed by atoms with Crippen molar-refractivity contribution >= 4 is 27.8 Å². The zero-order valence-electron chi connectivity index (χ0n) is 36.4. The summed E-state index contributed by atoms with van der Waals surface area (Å²) in [6.07, 6.45) is 0. The summed E-state index contributed by atoms with van der Waals surface area (Å²) < 4.78 is 0. The highest BCUT2D eigenvalue weighted by molar-refractivity contribution is 5.93. The Kier molecular flexibility index (Phi) is 9.81. The van der Waals surface area contributed by atoms with Gasteiger partial charge in [0.25, 0.3) is 0 Å². The molecule has 0 saturated carbocycles. The van der Waals surface area contributed by atoms with Crippen LogP contribution in [0.3, 0.4) is 0 Å². The van der Waals surface area contributed by atoms with Crippen molar-refractivity contribution in [1.29, 1.82) is 0 Å². The van der Waals surface area contributed by atoms with Gasteiger partial charge in [0.2, 0.25) is 0 Å². The Morgan fingerprint density at radius 1 is 0.227 bits per heavy atom. The molecule has 0 bridgehead atoms. The lowest BCUT2D eigenvalue weighted by Gasteiger charge is -2.38. The fraction of sp³-hybridized carbons (Fsp3) is 0.0154. The van der Waals surface area contributed by atoms with Crippen molar-refractivity contribution in [2.45, 2.75) is 5.41 Å². The number of fused-ring (bicyclic) bond motifs is 6. The lowest BCUT2D eigenvalue weighted by Crippen LogP contribution is -2.31. The zero-order chi connectivity index (χ0) is 43.9. The minimum absolute atomic E-state index is 0.592. The monoisotopic (exact) mass is 839 g/mol. The van der Waals surface area contributed by atoms with E-state index in [9.17, 15) is 0 Å². The Labute approximate surface area is 387 Å². The number of benzene rings is 11. The van der Waals surface area contributed by atoms with Crippen molar-refractivity contribution in [2.75, 3.05) is 4.90 Å². The van der Waals surface area contributed by atoms with E-state index in [1.54, 1.807) is 0 Å². The van der Waals surface area contributed by atoms with Crippen molar-refractivity contribution in [1.82, 2.24) is 0 Å². The van der Waals surface area contributed by atoms with Crippen molar-refractivity contribution < 1.29 is 0 Å². The second-order valence-corrected chi connectivity index (χ2v) is 17.2. The van der Waals surface area contributed by atoms with Crippen LogP contribution in [0.2, 0.25) is 0 Å². The first-order valence-corrected chi connectivity index (χ1v) is 22.8. The van der Waals surface area contributed by atoms with Gasteiger partial charge in [-0.3, -0.25) is 0 Å². The number of nitrogens with zero attached hydrogens (tertiary/aromatic N) is 1. The molecule has 0 unspecified atom stereocenters. The summed E-state index contributed by atoms with van der Waals surface area (Å²) in [4.78, 5) is 2.36. The largest absolute Gasteiger partial charge is 0.311 e. The van der Waals surface area contributed by atoms with E-state index < -0.39 is 5.41 Å². The van der Waals surface area contributed by atoms with Gasteiger partial charge in [0.05, 0.1) is 5.41 Å². The number of hydrogen-bond donors (Lipinski definition) is 0. The van der Waals surface area contributed by atoms with Gasteiger partial charge in [0.1, 0.15) is 0 Å². The van der Waals surface area contributed by atoms with Crippen LogP contribution >= 0.6 is 0 Å². The Hall–Kier alpha value is -8.52. The predicted octanol–water partition coefficient (Wildman–Crippen LogP) is 17.3. The molecule has 11 aromatic rings. The van der Waals surface area contributed by atoms with E-state index >= 15 is 0 Å². The number of anilines is 3. The third-order valence-corrected chi connectivity index (χ3v) is 13.6. The van der Waals surface area contributed by atoms with Gasteiger partial charge < -0.3 is 4.90 Å². The normalized spacial score (nSPS) is 12.4. The van der Waals surface area contributed by atoms with Gasteiger partial charge in [0, 0.05) is 17.1 Å². The number of rotatable bonds is 8. The fourth-order valence-electron chi connectivity index (χ4n) is 10.5. The third-order valence-electron chi connectivity index (χ3n) is 13.6. The quantitative estimate of drug-likeness (QED) is 0.147. The van der Waals surface area contributed by atoms with Crippen LogP contribution in [0, 0.1) is 0 Å². The molecule has 12 rings (SSSR count). The molecule has 0 amide bonds. The summed E-state index contributed by atoms with van der Waals surface area (Å²) in [6.45, 7) is 0. The van der Waals surface area contributed by atoms with E-state index in [1.165, 1.54) is 83.1 Å². The summed E-state index contributed by atoms with van der Waals surface area (Å²) in [5, 5.41) is 2.49. The topological polar surface area (TPSA) is 3.24 Å². The summed E-state index contributed by atoms with van der Waals surface area (Å²) >= 11 is 0. The summed E-state index contributed by atoms with van der Waals surface area (Å²) in [7, 11) is 0. The average molecular weight is 840 g/mol. The second kappa shape index (κ2) is 16.6. The van der Waals surface area contributed by atoms with Gasteiger partial charge >= 0.3 is 0 Å². The highest BCUT2D eigenvalue weighted by atomic mass is 15.1. The molecule has 1 aliphatic carbocycles. The predicted molar refractivity (Wildman–Crippen MR) is 278 cm³/mol. The maximum absolute atomic E-state index is 2.43. The van der Waals surface area contributed by atoms with Crippen LogP contribution in [0.1, 0.15) is 22.3 Å². The molecular weight excluding hydrogens is 795 g/mol. The molecule has 0 spiro atoms. The molecule has 0 saturated heterocycles. The molecule has 0 aromatic heterocycles. The first-order valence-electron chi connectivity index (χ1n) is 22.8. The average Bonchev–Trinajstić information content (AvgIpc) is 3.51. The van der Waals surface area contributed by atoms with Crippen molar-refractivity contribution in [3.8, 4) is 55.6 Å². The SMILES string of the molecule is c1ccc(-c2ccc(N(c3ccc(-c4cccc(C5(c6ccccc6)c6ccccc6-c6ccccc6-c6ccccc65)c4)cc3)c3ccc(-c4ccc5ccccc5c4)cc3)cc2)cc1. The Balaban J connectivity index is 0.967. The molecule has 1 aliphatic rings. The Bertz CT molecular complexity index is 3430. The molecule has 1 nitrogen and oxygen atoms in total. The first-order chi connectivity index (χ1) is 32.7. The standard InChI is InChI=1S/C65H45N/c1-3-16-46(17-4-1)48-32-38-56(39-33-48)66(58-42-36-50(37-43-58)53-31-30-47-18-7-8-19-51(47)44-53)57-40-34-49(35-41-57)52-20-15-23-55(45-52)65(54-21-5-2-6-22-54)63-28-13-11-26-61(63)59-24-9-10-25-60(59)62-27-12-14-29-64(62)65/h1-45H. The molecule has 0 aliphatic heterocycles. The molecule has 11 aromatic carbocycles. The van der Waals surface area contributed by atoms with Crippen LogP contribution in [0.25, 0.3) is 66.4 Å². The van der Waals surface area contributed by atoms with E-state index in [0.29, 0.717) is 0 Å². The molecule has 66 heavy (non-hydrogen) atoms. The van der Waals surface area contributed by atoms with Gasteiger partial charge in [-0.15, -0.1) is 0 Å². The van der Waals surface area contributed by atoms with Crippen LogP contribution in [-0.2, 0) is 5.41 Å². The van der Waals surface area contributed by atoms with Gasteiger partial charge in [-0.1, -0.05) is 224 Å². The van der Waals surface area contributed by atoms with Crippen LogP contribution in [0.4, 0.5) is 17.1 Å². The Morgan fingerprint density at radius 2 is 0.606 bits per heavy atom. The minimum Gasteiger partial charge on any atom is -0.311 e. The fourth-order valence-corrected chi connectivity index (χ4v) is 10.5. The molecule has 1 heteroatoms.